The van der Waals surface area contributed by atoms with Gasteiger partial charge in [-0.05, 0) is 38.8 Å². The Morgan fingerprint density at radius 3 is 2.07 bits per heavy atom. The quantitative estimate of drug-likeness (QED) is 0.783. The van der Waals surface area contributed by atoms with Gasteiger partial charge in [0.05, 0.1) is 0 Å². The van der Waals surface area contributed by atoms with Crippen molar-refractivity contribution in [2.75, 3.05) is 0 Å². The molecule has 0 amide bonds. The monoisotopic (exact) mass is 215 g/mol. The Labute approximate surface area is 92.0 Å². The van der Waals surface area contributed by atoms with E-state index in [9.17, 15) is 0 Å². The number of para-hydroxylation sites is 1. The van der Waals surface area contributed by atoms with Crippen molar-refractivity contribution < 1.29 is 4.84 Å². The van der Waals surface area contributed by atoms with Crippen LogP contribution < -0.4 is 10.3 Å². The highest BCUT2D eigenvalue weighted by Gasteiger charge is 2.03. The van der Waals surface area contributed by atoms with Crippen LogP contribution in [0.3, 0.4) is 0 Å². The predicted molar refractivity (Wildman–Crippen MR) is 62.1 cm³/mol. The van der Waals surface area contributed by atoms with Crippen molar-refractivity contribution in [1.82, 2.24) is 5.48 Å². The molecule has 0 aliphatic rings. The third kappa shape index (κ3) is 3.56. The number of benzene rings is 1. The minimum atomic E-state index is 0. The molecule has 2 nitrogen and oxygen atoms in total. The third-order valence-electron chi connectivity index (χ3n) is 1.81. The molecule has 0 fully saturated rings. The lowest BCUT2D eigenvalue weighted by atomic mass is 10.1. The largest absolute Gasteiger partial charge is 0.408 e. The van der Waals surface area contributed by atoms with Gasteiger partial charge in [0, 0.05) is 6.04 Å². The summed E-state index contributed by atoms with van der Waals surface area (Å²) in [5.74, 6) is 0.941. The molecular weight excluding hydrogens is 198 g/mol. The highest BCUT2D eigenvalue weighted by Crippen LogP contribution is 2.21. The summed E-state index contributed by atoms with van der Waals surface area (Å²) in [6, 6.07) is 6.46. The molecule has 1 aromatic carbocycles. The van der Waals surface area contributed by atoms with E-state index in [4.69, 9.17) is 4.84 Å². The van der Waals surface area contributed by atoms with Gasteiger partial charge in [0.2, 0.25) is 0 Å². The van der Waals surface area contributed by atoms with Crippen molar-refractivity contribution in [2.45, 2.75) is 33.7 Å². The molecule has 0 atom stereocenters. The molecule has 0 radical (unpaired) electrons. The lowest BCUT2D eigenvalue weighted by Gasteiger charge is -2.13. The molecule has 0 aliphatic heterocycles. The normalized spacial score (nSPS) is 9.79. The fraction of sp³-hybridized carbons (Fsp3) is 0.455. The Morgan fingerprint density at radius 1 is 1.14 bits per heavy atom. The second-order valence-electron chi connectivity index (χ2n) is 3.60. The zero-order valence-electron chi connectivity index (χ0n) is 9.13. The fourth-order valence-corrected chi connectivity index (χ4v) is 1.14. The molecule has 0 aromatic heterocycles. The average Bonchev–Trinajstić information content (AvgIpc) is 2.03. The molecule has 3 heteroatoms. The van der Waals surface area contributed by atoms with Crippen molar-refractivity contribution in [3.05, 3.63) is 29.3 Å². The summed E-state index contributed by atoms with van der Waals surface area (Å²) in [4.78, 5) is 5.48. The topological polar surface area (TPSA) is 21.3 Å². The van der Waals surface area contributed by atoms with E-state index in [1.165, 1.54) is 0 Å². The van der Waals surface area contributed by atoms with Gasteiger partial charge in [0.25, 0.3) is 0 Å². The summed E-state index contributed by atoms with van der Waals surface area (Å²) in [6.07, 6.45) is 0. The Morgan fingerprint density at radius 2 is 1.64 bits per heavy atom. The molecule has 80 valence electrons. The molecule has 1 aromatic rings. The average molecular weight is 216 g/mol. The predicted octanol–water partition coefficient (Wildman–Crippen LogP) is 3.02. The summed E-state index contributed by atoms with van der Waals surface area (Å²) in [7, 11) is 0. The number of nitrogens with one attached hydrogen (secondary N) is 1. The summed E-state index contributed by atoms with van der Waals surface area (Å²) < 4.78 is 0. The van der Waals surface area contributed by atoms with Gasteiger partial charge in [-0.2, -0.15) is 5.48 Å². The molecular formula is C11H18ClNO. The Balaban J connectivity index is 0.00000169. The van der Waals surface area contributed by atoms with E-state index in [1.54, 1.807) is 0 Å². The number of aryl methyl sites for hydroxylation is 2. The zero-order chi connectivity index (χ0) is 9.84. The van der Waals surface area contributed by atoms with E-state index < -0.39 is 0 Å². The van der Waals surface area contributed by atoms with E-state index >= 15 is 0 Å². The number of rotatable bonds is 3. The maximum atomic E-state index is 5.48. The first kappa shape index (κ1) is 13.3. The van der Waals surface area contributed by atoms with E-state index in [0.717, 1.165) is 16.9 Å². The van der Waals surface area contributed by atoms with Crippen LogP contribution in [0.5, 0.6) is 5.75 Å². The lowest BCUT2D eigenvalue weighted by Crippen LogP contribution is -2.27. The summed E-state index contributed by atoms with van der Waals surface area (Å²) in [6.45, 7) is 8.19. The van der Waals surface area contributed by atoms with Gasteiger partial charge in [0.1, 0.15) is 0 Å². The highest BCUT2D eigenvalue weighted by molar-refractivity contribution is 5.85. The molecule has 1 rings (SSSR count). The first-order chi connectivity index (χ1) is 6.11. The van der Waals surface area contributed by atoms with E-state index in [0.29, 0.717) is 6.04 Å². The van der Waals surface area contributed by atoms with Crippen LogP contribution in [0.4, 0.5) is 0 Å². The Kier molecular flexibility index (Phi) is 5.58. The van der Waals surface area contributed by atoms with Gasteiger partial charge < -0.3 is 4.84 Å². The second-order valence-corrected chi connectivity index (χ2v) is 3.60. The SMILES string of the molecule is Cc1cccc(C)c1ONC(C)C.Cl. The highest BCUT2D eigenvalue weighted by atomic mass is 35.5. The van der Waals surface area contributed by atoms with Gasteiger partial charge in [-0.1, -0.05) is 18.2 Å². The van der Waals surface area contributed by atoms with Gasteiger partial charge in [0.15, 0.2) is 5.75 Å². The first-order valence-corrected chi connectivity index (χ1v) is 4.60. The maximum Gasteiger partial charge on any atom is 0.152 e. The number of hydrogen-bond donors (Lipinski definition) is 1. The van der Waals surface area contributed by atoms with Crippen molar-refractivity contribution in [1.29, 1.82) is 0 Å². The smallest absolute Gasteiger partial charge is 0.152 e. The van der Waals surface area contributed by atoms with Crippen LogP contribution in [0.15, 0.2) is 18.2 Å². The van der Waals surface area contributed by atoms with Crippen molar-refractivity contribution >= 4 is 12.4 Å². The molecule has 0 saturated carbocycles. The number of hydroxylamine groups is 1. The minimum Gasteiger partial charge on any atom is -0.408 e. The molecule has 0 unspecified atom stereocenters. The third-order valence-corrected chi connectivity index (χ3v) is 1.81. The molecule has 1 N–H and O–H groups in total. The summed E-state index contributed by atoms with van der Waals surface area (Å²) in [5.41, 5.74) is 5.26. The van der Waals surface area contributed by atoms with Crippen LogP contribution in [-0.2, 0) is 0 Å². The standard InChI is InChI=1S/C11H17NO.ClH/c1-8(2)12-13-11-9(3)6-5-7-10(11)4;/h5-8,12H,1-4H3;1H. The minimum absolute atomic E-state index is 0. The number of halogens is 1. The van der Waals surface area contributed by atoms with E-state index in [1.807, 2.05) is 45.9 Å². The first-order valence-electron chi connectivity index (χ1n) is 4.60. The van der Waals surface area contributed by atoms with Crippen LogP contribution in [0, 0.1) is 13.8 Å². The lowest BCUT2D eigenvalue weighted by molar-refractivity contribution is 0.166. The van der Waals surface area contributed by atoms with Gasteiger partial charge in [-0.25, -0.2) is 0 Å². The molecule has 0 heterocycles. The molecule has 14 heavy (non-hydrogen) atoms. The van der Waals surface area contributed by atoms with E-state index in [2.05, 4.69) is 5.48 Å². The fourth-order valence-electron chi connectivity index (χ4n) is 1.14. The van der Waals surface area contributed by atoms with Crippen LogP contribution in [0.2, 0.25) is 0 Å². The van der Waals surface area contributed by atoms with Crippen molar-refractivity contribution in [3.63, 3.8) is 0 Å². The number of hydrogen-bond acceptors (Lipinski definition) is 2. The second kappa shape index (κ2) is 5.89. The van der Waals surface area contributed by atoms with Crippen LogP contribution >= 0.6 is 12.4 Å². The summed E-state index contributed by atoms with van der Waals surface area (Å²) >= 11 is 0. The zero-order valence-corrected chi connectivity index (χ0v) is 9.94. The molecule has 0 saturated heterocycles. The van der Waals surface area contributed by atoms with E-state index in [-0.39, 0.29) is 12.4 Å². The molecule has 0 spiro atoms. The van der Waals surface area contributed by atoms with Gasteiger partial charge in [-0.3, -0.25) is 0 Å². The molecule has 0 aliphatic carbocycles. The van der Waals surface area contributed by atoms with Crippen molar-refractivity contribution in [3.8, 4) is 5.75 Å². The van der Waals surface area contributed by atoms with Crippen LogP contribution in [0.1, 0.15) is 25.0 Å². The van der Waals surface area contributed by atoms with Gasteiger partial charge >= 0.3 is 0 Å². The molecule has 0 bridgehead atoms. The van der Waals surface area contributed by atoms with Crippen molar-refractivity contribution in [2.24, 2.45) is 0 Å². The Bertz CT molecular complexity index is 266. The van der Waals surface area contributed by atoms with Gasteiger partial charge in [-0.15, -0.1) is 12.4 Å². The Hall–Kier alpha value is -0.730. The maximum absolute atomic E-state index is 5.48. The van der Waals surface area contributed by atoms with Crippen LogP contribution in [0.25, 0.3) is 0 Å². The summed E-state index contributed by atoms with van der Waals surface area (Å²) in [5, 5.41) is 0. The van der Waals surface area contributed by atoms with Crippen LogP contribution in [-0.4, -0.2) is 6.04 Å².